The van der Waals surface area contributed by atoms with Crippen LogP contribution in [0, 0.1) is 0 Å². The van der Waals surface area contributed by atoms with Crippen molar-refractivity contribution in [2.24, 2.45) is 0 Å². The van der Waals surface area contributed by atoms with E-state index < -0.39 is 0 Å². The summed E-state index contributed by atoms with van der Waals surface area (Å²) >= 11 is 0. The molecule has 0 aliphatic carbocycles. The maximum absolute atomic E-state index is 9.74. The molecule has 1 aromatic heterocycles. The summed E-state index contributed by atoms with van der Waals surface area (Å²) in [6, 6.07) is 3.64. The Morgan fingerprint density at radius 3 is 3.00 bits per heavy atom. The number of hydrogen-bond acceptors (Lipinski definition) is 3. The van der Waals surface area contributed by atoms with Crippen molar-refractivity contribution in [2.45, 2.75) is 6.42 Å². The lowest BCUT2D eigenvalue weighted by Crippen LogP contribution is -1.96. The van der Waals surface area contributed by atoms with Gasteiger partial charge in [0, 0.05) is 12.1 Å². The minimum Gasteiger partial charge on any atom is -0.467 e. The maximum atomic E-state index is 9.74. The first-order chi connectivity index (χ1) is 5.33. The number of H-pyrrole nitrogens is 1. The van der Waals surface area contributed by atoms with Gasteiger partial charge in [0.05, 0.1) is 6.61 Å². The van der Waals surface area contributed by atoms with E-state index in [1.54, 1.807) is 6.07 Å². The third kappa shape index (κ3) is 2.33. The summed E-state index contributed by atoms with van der Waals surface area (Å²) in [4.78, 5) is 12.7. The fourth-order valence-corrected chi connectivity index (χ4v) is 0.822. The Labute approximate surface area is 64.4 Å². The van der Waals surface area contributed by atoms with E-state index in [0.29, 0.717) is 25.3 Å². The lowest BCUT2D eigenvalue weighted by Gasteiger charge is -1.95. The van der Waals surface area contributed by atoms with E-state index in [4.69, 9.17) is 5.73 Å². The van der Waals surface area contributed by atoms with Crippen LogP contribution in [0.25, 0.3) is 0 Å². The molecule has 0 radical (unpaired) electrons. The summed E-state index contributed by atoms with van der Waals surface area (Å²) in [6.45, 7) is 0.829. The van der Waals surface area contributed by atoms with E-state index in [1.807, 2.05) is 6.07 Å². The van der Waals surface area contributed by atoms with Gasteiger partial charge in [0.25, 0.3) is 6.47 Å². The fraction of sp³-hybridized carbons (Fsp3) is 0.286. The molecular weight excluding hydrogens is 144 g/mol. The van der Waals surface area contributed by atoms with Gasteiger partial charge in [-0.05, 0) is 12.1 Å². The molecule has 11 heavy (non-hydrogen) atoms. The highest BCUT2D eigenvalue weighted by Gasteiger charge is 1.94. The SMILES string of the molecule is Nc1ccc(CCOC=O)[nH]1. The monoisotopic (exact) mass is 154 g/mol. The highest BCUT2D eigenvalue weighted by molar-refractivity contribution is 5.37. The number of nitrogens with two attached hydrogens (primary N) is 1. The van der Waals surface area contributed by atoms with Gasteiger partial charge in [0.1, 0.15) is 5.82 Å². The molecule has 0 spiro atoms. The van der Waals surface area contributed by atoms with Crippen molar-refractivity contribution in [1.29, 1.82) is 0 Å². The number of nitrogens with one attached hydrogen (secondary N) is 1. The Bertz CT molecular complexity index is 232. The van der Waals surface area contributed by atoms with Crippen LogP contribution in [0.1, 0.15) is 5.69 Å². The molecule has 1 rings (SSSR count). The lowest BCUT2D eigenvalue weighted by molar-refractivity contribution is -0.128. The number of aromatic nitrogens is 1. The van der Waals surface area contributed by atoms with Crippen LogP contribution in [0.2, 0.25) is 0 Å². The van der Waals surface area contributed by atoms with E-state index in [2.05, 4.69) is 9.72 Å². The minimum atomic E-state index is 0.392. The van der Waals surface area contributed by atoms with E-state index in [9.17, 15) is 4.79 Å². The van der Waals surface area contributed by atoms with Crippen LogP contribution in [0.5, 0.6) is 0 Å². The number of carbonyl (C=O) groups is 1. The average Bonchev–Trinajstić information content (AvgIpc) is 2.37. The van der Waals surface area contributed by atoms with Gasteiger partial charge in [-0.2, -0.15) is 0 Å². The summed E-state index contributed by atoms with van der Waals surface area (Å²) in [6.07, 6.45) is 0.677. The summed E-state index contributed by atoms with van der Waals surface area (Å²) in [5.74, 6) is 0.631. The third-order valence-electron chi connectivity index (χ3n) is 1.33. The molecule has 4 heteroatoms. The first-order valence-electron chi connectivity index (χ1n) is 3.31. The van der Waals surface area contributed by atoms with Crippen molar-refractivity contribution in [2.75, 3.05) is 12.3 Å². The second kappa shape index (κ2) is 3.65. The van der Waals surface area contributed by atoms with Crippen LogP contribution in [-0.4, -0.2) is 18.1 Å². The molecule has 0 aliphatic rings. The first-order valence-corrected chi connectivity index (χ1v) is 3.31. The molecule has 1 aromatic rings. The Kier molecular flexibility index (Phi) is 2.54. The second-order valence-corrected chi connectivity index (χ2v) is 2.16. The Morgan fingerprint density at radius 2 is 2.45 bits per heavy atom. The Morgan fingerprint density at radius 1 is 1.64 bits per heavy atom. The van der Waals surface area contributed by atoms with Gasteiger partial charge in [0.15, 0.2) is 0 Å². The summed E-state index contributed by atoms with van der Waals surface area (Å²) in [7, 11) is 0. The molecular formula is C7H10N2O2. The van der Waals surface area contributed by atoms with Crippen molar-refractivity contribution in [1.82, 2.24) is 4.98 Å². The van der Waals surface area contributed by atoms with Gasteiger partial charge in [-0.15, -0.1) is 0 Å². The van der Waals surface area contributed by atoms with Crippen LogP contribution in [0.4, 0.5) is 5.82 Å². The lowest BCUT2D eigenvalue weighted by atomic mass is 10.3. The molecule has 4 nitrogen and oxygen atoms in total. The normalized spacial score (nSPS) is 9.45. The molecule has 0 fully saturated rings. The molecule has 0 saturated heterocycles. The molecule has 0 saturated carbocycles. The Balaban J connectivity index is 2.32. The zero-order valence-electron chi connectivity index (χ0n) is 6.04. The fourth-order valence-electron chi connectivity index (χ4n) is 0.822. The number of rotatable bonds is 4. The third-order valence-corrected chi connectivity index (χ3v) is 1.33. The molecule has 3 N–H and O–H groups in total. The molecule has 0 bridgehead atoms. The van der Waals surface area contributed by atoms with Crippen molar-refractivity contribution >= 4 is 12.3 Å². The molecule has 0 aromatic carbocycles. The number of anilines is 1. The van der Waals surface area contributed by atoms with Crippen LogP contribution in [0.3, 0.4) is 0 Å². The molecule has 0 unspecified atom stereocenters. The zero-order valence-corrected chi connectivity index (χ0v) is 6.04. The predicted octanol–water partition coefficient (Wildman–Crippen LogP) is 0.312. The largest absolute Gasteiger partial charge is 0.467 e. The minimum absolute atomic E-state index is 0.392. The van der Waals surface area contributed by atoms with Gasteiger partial charge >= 0.3 is 0 Å². The number of hydrogen-bond donors (Lipinski definition) is 2. The number of carbonyl (C=O) groups excluding carboxylic acids is 1. The molecule has 60 valence electrons. The molecule has 0 amide bonds. The predicted molar refractivity (Wildman–Crippen MR) is 40.9 cm³/mol. The van der Waals surface area contributed by atoms with Crippen molar-refractivity contribution in [3.8, 4) is 0 Å². The van der Waals surface area contributed by atoms with Gasteiger partial charge in [-0.25, -0.2) is 0 Å². The van der Waals surface area contributed by atoms with Crippen molar-refractivity contribution in [3.63, 3.8) is 0 Å². The van der Waals surface area contributed by atoms with Crippen LogP contribution in [0.15, 0.2) is 12.1 Å². The summed E-state index contributed by atoms with van der Waals surface area (Å²) in [5.41, 5.74) is 6.39. The van der Waals surface area contributed by atoms with Crippen LogP contribution >= 0.6 is 0 Å². The second-order valence-electron chi connectivity index (χ2n) is 2.16. The smallest absolute Gasteiger partial charge is 0.293 e. The van der Waals surface area contributed by atoms with Crippen LogP contribution in [-0.2, 0) is 16.0 Å². The van der Waals surface area contributed by atoms with Crippen molar-refractivity contribution < 1.29 is 9.53 Å². The topological polar surface area (TPSA) is 68.1 Å². The quantitative estimate of drug-likeness (QED) is 0.484. The van der Waals surface area contributed by atoms with Crippen molar-refractivity contribution in [3.05, 3.63) is 17.8 Å². The zero-order chi connectivity index (χ0) is 8.10. The summed E-state index contributed by atoms with van der Waals surface area (Å²) < 4.78 is 4.51. The van der Waals surface area contributed by atoms with Crippen LogP contribution < -0.4 is 5.73 Å². The highest BCUT2D eigenvalue weighted by atomic mass is 16.5. The first kappa shape index (κ1) is 7.65. The van der Waals surface area contributed by atoms with E-state index in [1.165, 1.54) is 0 Å². The van der Waals surface area contributed by atoms with Gasteiger partial charge in [-0.1, -0.05) is 0 Å². The number of aromatic amines is 1. The summed E-state index contributed by atoms with van der Waals surface area (Å²) in [5, 5.41) is 0. The standard InChI is InChI=1S/C7H10N2O2/c8-7-2-1-6(9-7)3-4-11-5-10/h1-2,5,9H,3-4,8H2. The van der Waals surface area contributed by atoms with E-state index in [-0.39, 0.29) is 0 Å². The van der Waals surface area contributed by atoms with Gasteiger partial charge in [-0.3, -0.25) is 4.79 Å². The average molecular weight is 154 g/mol. The van der Waals surface area contributed by atoms with E-state index in [0.717, 1.165) is 5.69 Å². The Hall–Kier alpha value is -1.45. The number of nitrogen functional groups attached to an aromatic ring is 1. The molecule has 1 heterocycles. The van der Waals surface area contributed by atoms with Gasteiger partial charge < -0.3 is 15.5 Å². The highest BCUT2D eigenvalue weighted by Crippen LogP contribution is 2.02. The maximum Gasteiger partial charge on any atom is 0.293 e. The molecule has 0 aliphatic heterocycles. The van der Waals surface area contributed by atoms with E-state index >= 15 is 0 Å². The number of ether oxygens (including phenoxy) is 1. The molecule has 0 atom stereocenters. The van der Waals surface area contributed by atoms with Gasteiger partial charge in [0.2, 0.25) is 0 Å².